The third kappa shape index (κ3) is 5.44. The van der Waals surface area contributed by atoms with Gasteiger partial charge in [0.15, 0.2) is 0 Å². The lowest BCUT2D eigenvalue weighted by atomic mass is 10.0. The number of carbonyl (C=O) groups is 1. The number of hydrogen-bond donors (Lipinski definition) is 2. The van der Waals surface area contributed by atoms with Crippen molar-refractivity contribution in [1.29, 1.82) is 0 Å². The predicted octanol–water partition coefficient (Wildman–Crippen LogP) is 4.69. The van der Waals surface area contributed by atoms with Gasteiger partial charge in [-0.15, -0.1) is 0 Å². The molecule has 6 nitrogen and oxygen atoms in total. The first-order chi connectivity index (χ1) is 14.8. The molecule has 0 aliphatic heterocycles. The molecule has 3 rings (SSSR count). The normalized spacial score (nSPS) is 12.1. The van der Waals surface area contributed by atoms with E-state index in [0.717, 1.165) is 12.0 Å². The molecular weight excluding hydrogens is 412 g/mol. The molecule has 1 atom stereocenters. The average Bonchev–Trinajstić information content (AvgIpc) is 2.79. The van der Waals surface area contributed by atoms with E-state index in [1.165, 1.54) is 19.2 Å². The van der Waals surface area contributed by atoms with E-state index in [0.29, 0.717) is 22.6 Å². The highest BCUT2D eigenvalue weighted by molar-refractivity contribution is 7.92. The van der Waals surface area contributed by atoms with Gasteiger partial charge in [-0.25, -0.2) is 8.42 Å². The van der Waals surface area contributed by atoms with Crippen LogP contribution in [0.25, 0.3) is 0 Å². The number of ether oxygens (including phenoxy) is 1. The molecule has 7 heteroatoms. The van der Waals surface area contributed by atoms with Crippen LogP contribution in [-0.4, -0.2) is 21.4 Å². The number of methoxy groups -OCH3 is 1. The van der Waals surface area contributed by atoms with E-state index in [4.69, 9.17) is 4.74 Å². The molecule has 0 saturated heterocycles. The van der Waals surface area contributed by atoms with Gasteiger partial charge >= 0.3 is 0 Å². The van der Waals surface area contributed by atoms with Gasteiger partial charge in [0.05, 0.1) is 23.7 Å². The molecule has 0 heterocycles. The minimum atomic E-state index is -3.81. The van der Waals surface area contributed by atoms with E-state index in [-0.39, 0.29) is 16.8 Å². The number of amides is 1. The van der Waals surface area contributed by atoms with Crippen LogP contribution < -0.4 is 14.8 Å². The molecule has 0 spiro atoms. The SMILES string of the molecule is CCC(NC(=O)c1ccc(C)c(NS(=O)(=O)c2ccc(OC)cc2)c1)c1ccccc1. The van der Waals surface area contributed by atoms with E-state index >= 15 is 0 Å². The molecule has 0 aliphatic rings. The lowest BCUT2D eigenvalue weighted by molar-refractivity contribution is 0.0935. The molecule has 3 aromatic carbocycles. The van der Waals surface area contributed by atoms with Gasteiger partial charge in [0.1, 0.15) is 5.75 Å². The van der Waals surface area contributed by atoms with Crippen LogP contribution in [0.5, 0.6) is 5.75 Å². The third-order valence-electron chi connectivity index (χ3n) is 5.03. The maximum atomic E-state index is 12.9. The van der Waals surface area contributed by atoms with E-state index in [1.54, 1.807) is 37.3 Å². The molecular formula is C24H26N2O4S. The average molecular weight is 439 g/mol. The number of rotatable bonds is 8. The Hall–Kier alpha value is -3.32. The first-order valence-corrected chi connectivity index (χ1v) is 11.5. The summed E-state index contributed by atoms with van der Waals surface area (Å²) < 4.78 is 33.2. The molecule has 3 aromatic rings. The fourth-order valence-corrected chi connectivity index (χ4v) is 4.30. The number of benzene rings is 3. The Bertz CT molecular complexity index is 1140. The zero-order chi connectivity index (χ0) is 22.4. The summed E-state index contributed by atoms with van der Waals surface area (Å²) in [7, 11) is -2.29. The Morgan fingerprint density at radius 3 is 2.29 bits per heavy atom. The molecule has 0 bridgehead atoms. The Morgan fingerprint density at radius 2 is 1.68 bits per heavy atom. The number of anilines is 1. The van der Waals surface area contributed by atoms with Gasteiger partial charge in [0.2, 0.25) is 0 Å². The molecule has 0 aliphatic carbocycles. The van der Waals surface area contributed by atoms with Crippen LogP contribution in [0, 0.1) is 6.92 Å². The lowest BCUT2D eigenvalue weighted by Gasteiger charge is -2.18. The van der Waals surface area contributed by atoms with Crippen molar-refractivity contribution in [1.82, 2.24) is 5.32 Å². The third-order valence-corrected chi connectivity index (χ3v) is 6.41. The minimum absolute atomic E-state index is 0.109. The number of hydrogen-bond acceptors (Lipinski definition) is 4. The van der Waals surface area contributed by atoms with Crippen LogP contribution >= 0.6 is 0 Å². The summed E-state index contributed by atoms with van der Waals surface area (Å²) in [6.07, 6.45) is 0.735. The first kappa shape index (κ1) is 22.4. The van der Waals surface area contributed by atoms with Crippen LogP contribution in [0.1, 0.15) is 40.9 Å². The van der Waals surface area contributed by atoms with Crippen molar-refractivity contribution in [2.45, 2.75) is 31.2 Å². The zero-order valence-corrected chi connectivity index (χ0v) is 18.6. The van der Waals surface area contributed by atoms with Crippen molar-refractivity contribution >= 4 is 21.6 Å². The molecule has 2 N–H and O–H groups in total. The van der Waals surface area contributed by atoms with E-state index in [2.05, 4.69) is 10.0 Å². The molecule has 0 fully saturated rings. The second-order valence-corrected chi connectivity index (χ2v) is 8.84. The molecule has 1 amide bonds. The van der Waals surface area contributed by atoms with Crippen molar-refractivity contribution in [3.05, 3.63) is 89.5 Å². The largest absolute Gasteiger partial charge is 0.497 e. The van der Waals surface area contributed by atoms with Crippen molar-refractivity contribution < 1.29 is 17.9 Å². The fraction of sp³-hybridized carbons (Fsp3) is 0.208. The van der Waals surface area contributed by atoms with Crippen LogP contribution in [0.3, 0.4) is 0 Å². The van der Waals surface area contributed by atoms with Crippen LogP contribution in [0.2, 0.25) is 0 Å². The smallest absolute Gasteiger partial charge is 0.261 e. The van der Waals surface area contributed by atoms with Crippen LogP contribution in [-0.2, 0) is 10.0 Å². The van der Waals surface area contributed by atoms with E-state index in [1.807, 2.05) is 37.3 Å². The number of carbonyl (C=O) groups excluding carboxylic acids is 1. The van der Waals surface area contributed by atoms with Gasteiger partial charge in [-0.05, 0) is 60.9 Å². The highest BCUT2D eigenvalue weighted by Gasteiger charge is 2.18. The highest BCUT2D eigenvalue weighted by atomic mass is 32.2. The highest BCUT2D eigenvalue weighted by Crippen LogP contribution is 2.24. The summed E-state index contributed by atoms with van der Waals surface area (Å²) in [6.45, 7) is 3.79. The summed E-state index contributed by atoms with van der Waals surface area (Å²) in [6, 6.07) is 20.7. The topological polar surface area (TPSA) is 84.5 Å². The molecule has 0 radical (unpaired) electrons. The maximum absolute atomic E-state index is 12.9. The molecule has 162 valence electrons. The summed E-state index contributed by atoms with van der Waals surface area (Å²) in [5, 5.41) is 3.02. The summed E-state index contributed by atoms with van der Waals surface area (Å²) in [5.41, 5.74) is 2.47. The zero-order valence-electron chi connectivity index (χ0n) is 17.8. The predicted molar refractivity (Wildman–Crippen MR) is 122 cm³/mol. The molecule has 0 saturated carbocycles. The molecule has 1 unspecified atom stereocenters. The standard InChI is InChI=1S/C24H26N2O4S/c1-4-22(18-8-6-5-7-9-18)25-24(27)19-11-10-17(2)23(16-19)26-31(28,29)21-14-12-20(30-3)13-15-21/h5-16,22,26H,4H2,1-3H3,(H,25,27). The number of aryl methyl sites for hydroxylation is 1. The quantitative estimate of drug-likeness (QED) is 0.535. The van der Waals surface area contributed by atoms with Gasteiger partial charge in [-0.3, -0.25) is 9.52 Å². The Morgan fingerprint density at radius 1 is 1.00 bits per heavy atom. The van der Waals surface area contributed by atoms with E-state index in [9.17, 15) is 13.2 Å². The van der Waals surface area contributed by atoms with Gasteiger partial charge in [-0.2, -0.15) is 0 Å². The van der Waals surface area contributed by atoms with Gasteiger partial charge in [0, 0.05) is 5.56 Å². The van der Waals surface area contributed by atoms with Gasteiger partial charge < -0.3 is 10.1 Å². The van der Waals surface area contributed by atoms with Crippen molar-refractivity contribution in [3.63, 3.8) is 0 Å². The Balaban J connectivity index is 1.81. The van der Waals surface area contributed by atoms with Crippen molar-refractivity contribution in [3.8, 4) is 5.75 Å². The van der Waals surface area contributed by atoms with E-state index < -0.39 is 10.0 Å². The lowest BCUT2D eigenvalue weighted by Crippen LogP contribution is -2.28. The van der Waals surface area contributed by atoms with Crippen molar-refractivity contribution in [2.24, 2.45) is 0 Å². The second-order valence-electron chi connectivity index (χ2n) is 7.16. The fourth-order valence-electron chi connectivity index (χ4n) is 3.18. The van der Waals surface area contributed by atoms with Crippen LogP contribution in [0.15, 0.2) is 77.7 Å². The summed E-state index contributed by atoms with van der Waals surface area (Å²) in [4.78, 5) is 13.0. The molecule has 31 heavy (non-hydrogen) atoms. The van der Waals surface area contributed by atoms with Gasteiger partial charge in [0.25, 0.3) is 15.9 Å². The Kier molecular flexibility index (Phi) is 6.97. The first-order valence-electron chi connectivity index (χ1n) is 9.97. The summed E-state index contributed by atoms with van der Waals surface area (Å²) in [5.74, 6) is 0.304. The maximum Gasteiger partial charge on any atom is 0.261 e. The second kappa shape index (κ2) is 9.66. The number of nitrogens with one attached hydrogen (secondary N) is 2. The van der Waals surface area contributed by atoms with Crippen molar-refractivity contribution in [2.75, 3.05) is 11.8 Å². The summed E-state index contributed by atoms with van der Waals surface area (Å²) >= 11 is 0. The monoisotopic (exact) mass is 438 g/mol. The molecule has 0 aromatic heterocycles. The minimum Gasteiger partial charge on any atom is -0.497 e. The number of sulfonamides is 1. The Labute approximate surface area is 183 Å². The van der Waals surface area contributed by atoms with Gasteiger partial charge in [-0.1, -0.05) is 43.3 Å². The van der Waals surface area contributed by atoms with Crippen LogP contribution in [0.4, 0.5) is 5.69 Å².